The number of rotatable bonds is 4. The molecule has 2 aromatic rings. The van der Waals surface area contributed by atoms with Gasteiger partial charge in [-0.1, -0.05) is 17.7 Å². The summed E-state index contributed by atoms with van der Waals surface area (Å²) in [6, 6.07) is 10.7. The predicted octanol–water partition coefficient (Wildman–Crippen LogP) is 2.55. The van der Waals surface area contributed by atoms with Crippen molar-refractivity contribution in [2.45, 2.75) is 18.4 Å². The minimum atomic E-state index is -3.47. The van der Waals surface area contributed by atoms with E-state index >= 15 is 0 Å². The van der Waals surface area contributed by atoms with Crippen LogP contribution in [0.2, 0.25) is 5.02 Å². The highest BCUT2D eigenvalue weighted by Crippen LogP contribution is 2.23. The Morgan fingerprint density at radius 2 is 1.88 bits per heavy atom. The van der Waals surface area contributed by atoms with Gasteiger partial charge in [0.15, 0.2) is 0 Å². The summed E-state index contributed by atoms with van der Waals surface area (Å²) in [6.45, 7) is 4.92. The van der Waals surface area contributed by atoms with Crippen LogP contribution >= 0.6 is 11.6 Å². The van der Waals surface area contributed by atoms with Crippen LogP contribution in [0, 0.1) is 6.92 Å². The van der Waals surface area contributed by atoms with Crippen molar-refractivity contribution in [3.63, 3.8) is 0 Å². The second-order valence-corrected chi connectivity index (χ2v) is 8.26. The quantitative estimate of drug-likeness (QED) is 0.835. The molecule has 0 atom stereocenters. The Kier molecular flexibility index (Phi) is 5.20. The van der Waals surface area contributed by atoms with E-state index in [1.807, 2.05) is 25.1 Å². The summed E-state index contributed by atoms with van der Waals surface area (Å²) in [6.07, 6.45) is 1.78. The van der Waals surface area contributed by atoms with Gasteiger partial charge in [0.05, 0.1) is 10.6 Å². The Balaban J connectivity index is 1.66. The largest absolute Gasteiger partial charge is 0.295 e. The van der Waals surface area contributed by atoms with E-state index in [-0.39, 0.29) is 0 Å². The molecule has 1 aliphatic heterocycles. The van der Waals surface area contributed by atoms with Gasteiger partial charge in [-0.05, 0) is 42.8 Å². The van der Waals surface area contributed by atoms with Gasteiger partial charge >= 0.3 is 0 Å². The molecule has 1 aliphatic rings. The maximum atomic E-state index is 12.8. The zero-order valence-electron chi connectivity index (χ0n) is 13.5. The van der Waals surface area contributed by atoms with Gasteiger partial charge in [0.25, 0.3) is 0 Å². The van der Waals surface area contributed by atoms with E-state index in [0.29, 0.717) is 36.1 Å². The number of hydrogen-bond donors (Lipinski definition) is 0. The molecular formula is C17H20ClN3O2S. The highest BCUT2D eigenvalue weighted by molar-refractivity contribution is 7.89. The van der Waals surface area contributed by atoms with Gasteiger partial charge in [-0.2, -0.15) is 4.31 Å². The third-order valence-corrected chi connectivity index (χ3v) is 6.53. The van der Waals surface area contributed by atoms with Crippen LogP contribution in [0.25, 0.3) is 0 Å². The van der Waals surface area contributed by atoms with Crippen LogP contribution in [0.4, 0.5) is 0 Å². The van der Waals surface area contributed by atoms with Gasteiger partial charge in [0.1, 0.15) is 0 Å². The molecule has 128 valence electrons. The fourth-order valence-corrected chi connectivity index (χ4v) is 4.40. The van der Waals surface area contributed by atoms with Crippen molar-refractivity contribution < 1.29 is 8.42 Å². The van der Waals surface area contributed by atoms with E-state index in [9.17, 15) is 8.42 Å². The molecule has 2 heterocycles. The van der Waals surface area contributed by atoms with E-state index < -0.39 is 10.0 Å². The van der Waals surface area contributed by atoms with Crippen LogP contribution in [-0.2, 0) is 16.6 Å². The van der Waals surface area contributed by atoms with Gasteiger partial charge in [0, 0.05) is 43.9 Å². The summed E-state index contributed by atoms with van der Waals surface area (Å²) in [5.41, 5.74) is 1.77. The number of benzene rings is 1. The van der Waals surface area contributed by atoms with E-state index in [1.54, 1.807) is 28.7 Å². The van der Waals surface area contributed by atoms with Crippen LogP contribution in [-0.4, -0.2) is 48.8 Å². The number of pyridine rings is 1. The number of halogens is 1. The molecule has 1 saturated heterocycles. The van der Waals surface area contributed by atoms with E-state index in [4.69, 9.17) is 11.6 Å². The first-order chi connectivity index (χ1) is 11.5. The molecule has 0 saturated carbocycles. The number of piperazine rings is 1. The number of sulfonamides is 1. The fourth-order valence-electron chi connectivity index (χ4n) is 2.78. The van der Waals surface area contributed by atoms with Crippen molar-refractivity contribution >= 4 is 21.6 Å². The maximum Gasteiger partial charge on any atom is 0.243 e. The molecule has 1 aromatic carbocycles. The molecule has 7 heteroatoms. The van der Waals surface area contributed by atoms with E-state index in [2.05, 4.69) is 9.88 Å². The topological polar surface area (TPSA) is 53.5 Å². The highest BCUT2D eigenvalue weighted by Gasteiger charge is 2.28. The van der Waals surface area contributed by atoms with Gasteiger partial charge in [0.2, 0.25) is 10.0 Å². The second kappa shape index (κ2) is 7.19. The third-order valence-electron chi connectivity index (χ3n) is 4.21. The zero-order valence-corrected chi connectivity index (χ0v) is 15.1. The first-order valence-corrected chi connectivity index (χ1v) is 9.67. The Labute approximate surface area is 147 Å². The number of nitrogens with zero attached hydrogens (tertiary/aromatic N) is 3. The predicted molar refractivity (Wildman–Crippen MR) is 94.5 cm³/mol. The average Bonchev–Trinajstić information content (AvgIpc) is 2.58. The Morgan fingerprint density at radius 3 is 2.50 bits per heavy atom. The van der Waals surface area contributed by atoms with Crippen molar-refractivity contribution in [1.29, 1.82) is 0 Å². The van der Waals surface area contributed by atoms with Crippen LogP contribution in [0.5, 0.6) is 0 Å². The van der Waals surface area contributed by atoms with Crippen molar-refractivity contribution in [3.8, 4) is 0 Å². The first-order valence-electron chi connectivity index (χ1n) is 7.85. The lowest BCUT2D eigenvalue weighted by Crippen LogP contribution is -2.48. The number of hydrogen-bond acceptors (Lipinski definition) is 4. The summed E-state index contributed by atoms with van der Waals surface area (Å²) < 4.78 is 27.1. The summed E-state index contributed by atoms with van der Waals surface area (Å²) in [7, 11) is -3.47. The molecule has 0 bridgehead atoms. The van der Waals surface area contributed by atoms with Crippen molar-refractivity contribution in [2.24, 2.45) is 0 Å². The maximum absolute atomic E-state index is 12.8. The Bertz CT molecular complexity index is 804. The summed E-state index contributed by atoms with van der Waals surface area (Å²) in [5.74, 6) is 0. The van der Waals surface area contributed by atoms with Crippen molar-refractivity contribution in [1.82, 2.24) is 14.2 Å². The van der Waals surface area contributed by atoms with E-state index in [1.165, 1.54) is 0 Å². The molecule has 0 N–H and O–H groups in total. The molecule has 3 rings (SSSR count). The lowest BCUT2D eigenvalue weighted by atomic mass is 10.2. The van der Waals surface area contributed by atoms with Gasteiger partial charge in [-0.25, -0.2) is 8.42 Å². The van der Waals surface area contributed by atoms with Gasteiger partial charge < -0.3 is 0 Å². The number of aryl methyl sites for hydroxylation is 1. The lowest BCUT2D eigenvalue weighted by molar-refractivity contribution is 0.180. The highest BCUT2D eigenvalue weighted by atomic mass is 35.5. The minimum Gasteiger partial charge on any atom is -0.295 e. The SMILES string of the molecule is Cc1cc(S(=O)(=O)N2CCN(Cc3ccccn3)CC2)ccc1Cl. The van der Waals surface area contributed by atoms with Gasteiger partial charge in [-0.15, -0.1) is 0 Å². The molecular weight excluding hydrogens is 346 g/mol. The van der Waals surface area contributed by atoms with Gasteiger partial charge in [-0.3, -0.25) is 9.88 Å². The fraction of sp³-hybridized carbons (Fsp3) is 0.353. The van der Waals surface area contributed by atoms with Crippen LogP contribution < -0.4 is 0 Å². The third kappa shape index (κ3) is 3.78. The Hall–Kier alpha value is -1.47. The smallest absolute Gasteiger partial charge is 0.243 e. The molecule has 0 radical (unpaired) electrons. The molecule has 0 spiro atoms. The standard InChI is InChI=1S/C17H20ClN3O2S/c1-14-12-16(5-6-17(14)18)24(22,23)21-10-8-20(9-11-21)13-15-4-2-3-7-19-15/h2-7,12H,8-11,13H2,1H3. The zero-order chi connectivity index (χ0) is 17.2. The lowest BCUT2D eigenvalue weighted by Gasteiger charge is -2.33. The molecule has 0 aliphatic carbocycles. The van der Waals surface area contributed by atoms with Crippen LogP contribution in [0.3, 0.4) is 0 Å². The van der Waals surface area contributed by atoms with Crippen LogP contribution in [0.15, 0.2) is 47.5 Å². The molecule has 1 aromatic heterocycles. The normalized spacial score (nSPS) is 17.1. The number of aromatic nitrogens is 1. The molecule has 0 unspecified atom stereocenters. The first kappa shape index (κ1) is 17.4. The summed E-state index contributed by atoms with van der Waals surface area (Å²) in [4.78, 5) is 6.85. The average molecular weight is 366 g/mol. The van der Waals surface area contributed by atoms with Crippen molar-refractivity contribution in [2.75, 3.05) is 26.2 Å². The van der Waals surface area contributed by atoms with Crippen molar-refractivity contribution in [3.05, 3.63) is 58.9 Å². The summed E-state index contributed by atoms with van der Waals surface area (Å²) >= 11 is 5.99. The second-order valence-electron chi connectivity index (χ2n) is 5.91. The van der Waals surface area contributed by atoms with Crippen LogP contribution in [0.1, 0.15) is 11.3 Å². The molecule has 1 fully saturated rings. The molecule has 24 heavy (non-hydrogen) atoms. The minimum absolute atomic E-state index is 0.308. The van der Waals surface area contributed by atoms with E-state index in [0.717, 1.165) is 17.8 Å². The Morgan fingerprint density at radius 1 is 1.12 bits per heavy atom. The molecule has 5 nitrogen and oxygen atoms in total. The summed E-state index contributed by atoms with van der Waals surface area (Å²) in [5, 5.41) is 0.578. The monoisotopic (exact) mass is 365 g/mol. The molecule has 0 amide bonds.